The normalized spacial score (nSPS) is 22.6. The average molecular weight is 744 g/mol. The highest BCUT2D eigenvalue weighted by Crippen LogP contribution is 2.30. The molecular formula is C40H65N5O8. The first kappa shape index (κ1) is 43.9. The Morgan fingerprint density at radius 2 is 1.68 bits per heavy atom. The van der Waals surface area contributed by atoms with Crippen LogP contribution in [0.5, 0.6) is 0 Å². The van der Waals surface area contributed by atoms with Gasteiger partial charge < -0.3 is 40.0 Å². The van der Waals surface area contributed by atoms with E-state index in [1.807, 2.05) is 65.0 Å². The standard InChI is InChI=1S/C40H65N5O8/c1-11-26(4)34(44(7)37(48)33(25(2)3)43-39(50)40(6)20-16-21-41-40)31(51-8)24-32(46)45-22-15-19-30(45)35(52-9)27(5)36(47)42-29(38(49)53-10)23-28-17-13-12-14-18-28/h12-14,17-18,25-27,29-31,33-35,41H,11,15-16,19-24H2,1-10H3,(H,42,47)(H,43,50)/t26?,27?,29?,30-,31?,33?,34?,35?,40-/m0/s1. The Morgan fingerprint density at radius 3 is 2.23 bits per heavy atom. The zero-order valence-electron chi connectivity index (χ0n) is 33.6. The summed E-state index contributed by atoms with van der Waals surface area (Å²) in [5.74, 6) is -2.40. The summed E-state index contributed by atoms with van der Waals surface area (Å²) in [6.07, 6.45) is 2.71. The number of methoxy groups -OCH3 is 3. The zero-order valence-corrected chi connectivity index (χ0v) is 33.6. The molecule has 0 radical (unpaired) electrons. The van der Waals surface area contributed by atoms with Crippen molar-refractivity contribution in [1.82, 2.24) is 25.8 Å². The van der Waals surface area contributed by atoms with Crippen LogP contribution >= 0.6 is 0 Å². The third-order valence-corrected chi connectivity index (χ3v) is 11.4. The van der Waals surface area contributed by atoms with Gasteiger partial charge in [0.1, 0.15) is 12.1 Å². The van der Waals surface area contributed by atoms with Crippen molar-refractivity contribution in [2.24, 2.45) is 17.8 Å². The number of rotatable bonds is 19. The summed E-state index contributed by atoms with van der Waals surface area (Å²) in [6, 6.07) is 6.90. The number of likely N-dealkylation sites (N-methyl/N-ethyl adjacent to an activating group) is 1. The molecule has 2 fully saturated rings. The molecule has 53 heavy (non-hydrogen) atoms. The lowest BCUT2D eigenvalue weighted by atomic mass is 9.89. The first-order valence-electron chi connectivity index (χ1n) is 19.2. The summed E-state index contributed by atoms with van der Waals surface area (Å²) in [5, 5.41) is 9.16. The van der Waals surface area contributed by atoms with Crippen molar-refractivity contribution in [2.75, 3.05) is 41.5 Å². The van der Waals surface area contributed by atoms with Gasteiger partial charge in [-0.1, -0.05) is 71.4 Å². The van der Waals surface area contributed by atoms with E-state index in [0.717, 1.165) is 31.4 Å². The van der Waals surface area contributed by atoms with E-state index in [1.54, 1.807) is 30.9 Å². The largest absolute Gasteiger partial charge is 0.467 e. The molecule has 0 aromatic heterocycles. The van der Waals surface area contributed by atoms with Crippen LogP contribution in [-0.2, 0) is 44.6 Å². The Balaban J connectivity index is 1.77. The summed E-state index contributed by atoms with van der Waals surface area (Å²) in [5.41, 5.74) is 0.155. The van der Waals surface area contributed by atoms with Crippen LogP contribution in [0, 0.1) is 17.8 Å². The van der Waals surface area contributed by atoms with E-state index in [9.17, 15) is 24.0 Å². The summed E-state index contributed by atoms with van der Waals surface area (Å²) >= 11 is 0. The molecule has 4 amide bonds. The number of carbonyl (C=O) groups excluding carboxylic acids is 5. The molecule has 0 aliphatic carbocycles. The Labute approximate surface area is 316 Å². The molecule has 2 saturated heterocycles. The lowest BCUT2D eigenvalue weighted by Crippen LogP contribution is -2.61. The summed E-state index contributed by atoms with van der Waals surface area (Å²) in [4.78, 5) is 71.4. The van der Waals surface area contributed by atoms with Crippen molar-refractivity contribution < 1.29 is 38.2 Å². The van der Waals surface area contributed by atoms with Gasteiger partial charge in [-0.05, 0) is 56.6 Å². The number of amides is 4. The Morgan fingerprint density at radius 1 is 1.00 bits per heavy atom. The minimum Gasteiger partial charge on any atom is -0.467 e. The zero-order chi connectivity index (χ0) is 39.5. The topological polar surface area (TPSA) is 156 Å². The van der Waals surface area contributed by atoms with Crippen LogP contribution in [0.15, 0.2) is 30.3 Å². The Hall–Kier alpha value is -3.55. The first-order valence-corrected chi connectivity index (χ1v) is 19.2. The molecule has 9 atom stereocenters. The van der Waals surface area contributed by atoms with Crippen molar-refractivity contribution in [1.29, 1.82) is 0 Å². The number of esters is 1. The SMILES string of the molecule is CCC(C)C(C(CC(=O)N1CCC[C@H]1C(OC)C(C)C(=O)NC(Cc1ccccc1)C(=O)OC)OC)N(C)C(=O)C(NC(=O)[C@]1(C)CCCN1)C(C)C. The number of likely N-dealkylation sites (tertiary alicyclic amines) is 1. The lowest BCUT2D eigenvalue weighted by Gasteiger charge is -2.41. The van der Waals surface area contributed by atoms with E-state index in [-0.39, 0.29) is 54.3 Å². The highest BCUT2D eigenvalue weighted by atomic mass is 16.5. The fraction of sp³-hybridized carbons (Fsp3) is 0.725. The van der Waals surface area contributed by atoms with Gasteiger partial charge in [-0.2, -0.15) is 0 Å². The third kappa shape index (κ3) is 11.0. The second-order valence-corrected chi connectivity index (χ2v) is 15.4. The van der Waals surface area contributed by atoms with Crippen molar-refractivity contribution in [3.05, 3.63) is 35.9 Å². The van der Waals surface area contributed by atoms with Crippen molar-refractivity contribution in [3.8, 4) is 0 Å². The number of benzene rings is 1. The number of hydrogen-bond acceptors (Lipinski definition) is 9. The fourth-order valence-corrected chi connectivity index (χ4v) is 7.92. The summed E-state index contributed by atoms with van der Waals surface area (Å²) in [6.45, 7) is 12.8. The van der Waals surface area contributed by atoms with Crippen molar-refractivity contribution >= 4 is 29.6 Å². The lowest BCUT2D eigenvalue weighted by molar-refractivity contribution is -0.149. The third-order valence-electron chi connectivity index (χ3n) is 11.4. The summed E-state index contributed by atoms with van der Waals surface area (Å²) < 4.78 is 16.9. The van der Waals surface area contributed by atoms with Crippen LogP contribution in [0.3, 0.4) is 0 Å². The minimum atomic E-state index is -0.887. The first-order chi connectivity index (χ1) is 25.1. The molecule has 3 N–H and O–H groups in total. The van der Waals surface area contributed by atoms with Crippen LogP contribution < -0.4 is 16.0 Å². The van der Waals surface area contributed by atoms with Crippen molar-refractivity contribution in [2.45, 2.75) is 128 Å². The molecule has 3 rings (SSSR count). The van der Waals surface area contributed by atoms with E-state index in [1.165, 1.54) is 14.2 Å². The molecule has 2 heterocycles. The molecule has 1 aromatic rings. The molecule has 0 saturated carbocycles. The summed E-state index contributed by atoms with van der Waals surface area (Å²) in [7, 11) is 6.10. The van der Waals surface area contributed by atoms with E-state index in [2.05, 4.69) is 16.0 Å². The van der Waals surface area contributed by atoms with E-state index >= 15 is 0 Å². The quantitative estimate of drug-likeness (QED) is 0.181. The highest BCUT2D eigenvalue weighted by molar-refractivity contribution is 5.92. The maximum Gasteiger partial charge on any atom is 0.328 e. The van der Waals surface area contributed by atoms with Crippen LogP contribution in [0.2, 0.25) is 0 Å². The minimum absolute atomic E-state index is 0.0127. The predicted molar refractivity (Wildman–Crippen MR) is 203 cm³/mol. The Bertz CT molecular complexity index is 1370. The highest BCUT2D eigenvalue weighted by Gasteiger charge is 2.44. The van der Waals surface area contributed by atoms with Gasteiger partial charge in [0.2, 0.25) is 23.6 Å². The van der Waals surface area contributed by atoms with Gasteiger partial charge in [-0.25, -0.2) is 4.79 Å². The molecule has 2 aliphatic rings. The second kappa shape index (κ2) is 20.2. The molecule has 0 spiro atoms. The van der Waals surface area contributed by atoms with Crippen LogP contribution in [-0.4, -0.2) is 123 Å². The monoisotopic (exact) mass is 743 g/mol. The molecular weight excluding hydrogens is 678 g/mol. The van der Waals surface area contributed by atoms with Gasteiger partial charge >= 0.3 is 5.97 Å². The molecule has 13 nitrogen and oxygen atoms in total. The van der Waals surface area contributed by atoms with Gasteiger partial charge in [0.15, 0.2) is 0 Å². The number of carbonyl (C=O) groups is 5. The van der Waals surface area contributed by atoms with Crippen LogP contribution in [0.1, 0.15) is 85.6 Å². The average Bonchev–Trinajstić information content (AvgIpc) is 3.83. The van der Waals surface area contributed by atoms with Gasteiger partial charge in [0, 0.05) is 34.2 Å². The number of ether oxygens (including phenoxy) is 3. The number of hydrogen-bond donors (Lipinski definition) is 3. The molecule has 13 heteroatoms. The van der Waals surface area contributed by atoms with Crippen LogP contribution in [0.4, 0.5) is 0 Å². The molecule has 0 bridgehead atoms. The fourth-order valence-electron chi connectivity index (χ4n) is 7.92. The molecule has 298 valence electrons. The van der Waals surface area contributed by atoms with E-state index < -0.39 is 47.8 Å². The van der Waals surface area contributed by atoms with Gasteiger partial charge in [0.05, 0.1) is 49.3 Å². The molecule has 7 unspecified atom stereocenters. The molecule has 1 aromatic carbocycles. The molecule has 2 aliphatic heterocycles. The Kier molecular flexibility index (Phi) is 16.7. The van der Waals surface area contributed by atoms with E-state index in [0.29, 0.717) is 19.4 Å². The maximum absolute atomic E-state index is 14.2. The van der Waals surface area contributed by atoms with Gasteiger partial charge in [-0.3, -0.25) is 19.2 Å². The number of nitrogens with one attached hydrogen (secondary N) is 3. The van der Waals surface area contributed by atoms with E-state index in [4.69, 9.17) is 14.2 Å². The van der Waals surface area contributed by atoms with Crippen LogP contribution in [0.25, 0.3) is 0 Å². The van der Waals surface area contributed by atoms with Crippen molar-refractivity contribution in [3.63, 3.8) is 0 Å². The van der Waals surface area contributed by atoms with Gasteiger partial charge in [-0.15, -0.1) is 0 Å². The second-order valence-electron chi connectivity index (χ2n) is 15.4. The smallest absolute Gasteiger partial charge is 0.328 e. The number of nitrogens with zero attached hydrogens (tertiary/aromatic N) is 2. The van der Waals surface area contributed by atoms with Gasteiger partial charge in [0.25, 0.3) is 0 Å². The maximum atomic E-state index is 14.2. The predicted octanol–water partition coefficient (Wildman–Crippen LogP) is 3.09.